The standard InChI is InChI=1S/C33H33NO/c1-23-11-5-4-8-20-35-22-33(23)19-18-27-26(21-33)31-28(32(27,2)3)15-10-17-30(31)34-29-16-9-13-24-12-6-7-14-25(24)29/h4-16,18-19,30,34H,1,17,20-22H2,2-3H3/b8-4-,11-5-. The van der Waals surface area contributed by atoms with Gasteiger partial charge in [-0.2, -0.15) is 0 Å². The highest BCUT2D eigenvalue weighted by Gasteiger charge is 2.46. The van der Waals surface area contributed by atoms with Gasteiger partial charge in [-0.1, -0.05) is 105 Å². The summed E-state index contributed by atoms with van der Waals surface area (Å²) in [5, 5.41) is 6.50. The summed E-state index contributed by atoms with van der Waals surface area (Å²) in [5.41, 5.74) is 7.91. The number of ether oxygens (including phenoxy) is 1. The Morgan fingerprint density at radius 1 is 0.943 bits per heavy atom. The number of rotatable bonds is 2. The van der Waals surface area contributed by atoms with Crippen LogP contribution >= 0.6 is 0 Å². The summed E-state index contributed by atoms with van der Waals surface area (Å²) in [4.78, 5) is 0. The number of anilines is 1. The lowest BCUT2D eigenvalue weighted by atomic mass is 9.69. The zero-order valence-corrected chi connectivity index (χ0v) is 20.7. The maximum atomic E-state index is 6.12. The Morgan fingerprint density at radius 2 is 1.80 bits per heavy atom. The third-order valence-electron chi connectivity index (χ3n) is 8.23. The van der Waals surface area contributed by atoms with Crippen LogP contribution in [0.15, 0.2) is 126 Å². The predicted molar refractivity (Wildman–Crippen MR) is 147 cm³/mol. The number of nitrogens with one attached hydrogen (secondary N) is 1. The normalized spacial score (nSPS) is 29.0. The molecule has 1 heterocycles. The first-order valence-electron chi connectivity index (χ1n) is 12.7. The summed E-state index contributed by atoms with van der Waals surface area (Å²) >= 11 is 0. The third-order valence-corrected chi connectivity index (χ3v) is 8.23. The van der Waals surface area contributed by atoms with Crippen molar-refractivity contribution in [3.63, 3.8) is 0 Å². The molecule has 1 N–H and O–H groups in total. The zero-order chi connectivity index (χ0) is 24.0. The second-order valence-corrected chi connectivity index (χ2v) is 10.7. The average molecular weight is 460 g/mol. The molecule has 0 aromatic heterocycles. The van der Waals surface area contributed by atoms with Crippen LogP contribution in [0.3, 0.4) is 0 Å². The van der Waals surface area contributed by atoms with E-state index in [4.69, 9.17) is 4.74 Å². The summed E-state index contributed by atoms with van der Waals surface area (Å²) < 4.78 is 6.12. The summed E-state index contributed by atoms with van der Waals surface area (Å²) in [6.45, 7) is 10.5. The molecule has 1 aliphatic heterocycles. The van der Waals surface area contributed by atoms with Gasteiger partial charge in [0.2, 0.25) is 0 Å². The maximum absolute atomic E-state index is 6.12. The highest BCUT2D eigenvalue weighted by Crippen LogP contribution is 2.57. The Balaban J connectivity index is 1.41. The van der Waals surface area contributed by atoms with Crippen LogP contribution in [0, 0.1) is 10.8 Å². The molecule has 6 rings (SSSR count). The number of benzene rings is 2. The van der Waals surface area contributed by atoms with Gasteiger partial charge in [0, 0.05) is 21.9 Å². The Morgan fingerprint density at radius 3 is 2.71 bits per heavy atom. The van der Waals surface area contributed by atoms with Crippen LogP contribution in [-0.2, 0) is 4.74 Å². The molecule has 3 aliphatic carbocycles. The molecule has 0 amide bonds. The van der Waals surface area contributed by atoms with Crippen molar-refractivity contribution in [2.45, 2.75) is 32.7 Å². The van der Waals surface area contributed by atoms with Gasteiger partial charge in [0.1, 0.15) is 0 Å². The molecule has 2 heteroatoms. The van der Waals surface area contributed by atoms with Crippen molar-refractivity contribution in [1.29, 1.82) is 0 Å². The van der Waals surface area contributed by atoms with Crippen LogP contribution in [0.25, 0.3) is 10.8 Å². The van der Waals surface area contributed by atoms with E-state index >= 15 is 0 Å². The first kappa shape index (κ1) is 22.1. The van der Waals surface area contributed by atoms with E-state index in [9.17, 15) is 0 Å². The Kier molecular flexibility index (Phi) is 5.30. The Hall–Kier alpha value is -3.36. The highest BCUT2D eigenvalue weighted by molar-refractivity contribution is 5.94. The summed E-state index contributed by atoms with van der Waals surface area (Å²) in [5.74, 6) is 0. The number of allylic oxidation sites excluding steroid dienone is 7. The fourth-order valence-electron chi connectivity index (χ4n) is 6.28. The van der Waals surface area contributed by atoms with Crippen LogP contribution in [-0.4, -0.2) is 19.3 Å². The van der Waals surface area contributed by atoms with Gasteiger partial charge in [-0.15, -0.1) is 0 Å². The molecule has 0 saturated heterocycles. The van der Waals surface area contributed by atoms with Crippen molar-refractivity contribution < 1.29 is 4.74 Å². The van der Waals surface area contributed by atoms with E-state index < -0.39 is 0 Å². The molecule has 35 heavy (non-hydrogen) atoms. The molecule has 0 bridgehead atoms. The van der Waals surface area contributed by atoms with Gasteiger partial charge >= 0.3 is 0 Å². The average Bonchev–Trinajstić information content (AvgIpc) is 3.14. The Bertz CT molecular complexity index is 1390. The lowest BCUT2D eigenvalue weighted by Crippen LogP contribution is -2.31. The van der Waals surface area contributed by atoms with Gasteiger partial charge in [-0.3, -0.25) is 0 Å². The van der Waals surface area contributed by atoms with Gasteiger partial charge in [-0.05, 0) is 52.2 Å². The first-order chi connectivity index (χ1) is 17.0. The van der Waals surface area contributed by atoms with Crippen molar-refractivity contribution >= 4 is 16.5 Å². The van der Waals surface area contributed by atoms with E-state index in [0.29, 0.717) is 13.2 Å². The van der Waals surface area contributed by atoms with Crippen LogP contribution in [0.4, 0.5) is 5.69 Å². The summed E-state index contributed by atoms with van der Waals surface area (Å²) in [7, 11) is 0. The SMILES string of the molecule is C=C1/C=C\C=C/COCC12C=CC1=C(C2)C2=C(C=CCC2Nc2cccc3ccccc23)C1(C)C. The molecule has 2 nitrogen and oxygen atoms in total. The summed E-state index contributed by atoms with van der Waals surface area (Å²) in [6, 6.07) is 15.4. The quantitative estimate of drug-likeness (QED) is 0.493. The van der Waals surface area contributed by atoms with Crippen molar-refractivity contribution in [2.75, 3.05) is 18.5 Å². The number of hydrogen-bond donors (Lipinski definition) is 1. The molecule has 1 spiro atoms. The van der Waals surface area contributed by atoms with E-state index in [2.05, 4.69) is 117 Å². The topological polar surface area (TPSA) is 21.3 Å². The minimum atomic E-state index is -0.217. The van der Waals surface area contributed by atoms with Crippen LogP contribution in [0.2, 0.25) is 0 Å². The van der Waals surface area contributed by atoms with E-state index in [1.54, 1.807) is 0 Å². The minimum absolute atomic E-state index is 0.0174. The lowest BCUT2D eigenvalue weighted by Gasteiger charge is -2.37. The molecular weight excluding hydrogens is 426 g/mol. The monoisotopic (exact) mass is 459 g/mol. The fraction of sp³-hybridized carbons (Fsp3) is 0.273. The van der Waals surface area contributed by atoms with Crippen LogP contribution < -0.4 is 5.32 Å². The van der Waals surface area contributed by atoms with E-state index in [-0.39, 0.29) is 16.9 Å². The molecule has 2 aromatic rings. The first-order valence-corrected chi connectivity index (χ1v) is 12.7. The van der Waals surface area contributed by atoms with Crippen LogP contribution in [0.1, 0.15) is 26.7 Å². The summed E-state index contributed by atoms with van der Waals surface area (Å²) in [6.07, 6.45) is 19.7. The molecule has 0 saturated carbocycles. The predicted octanol–water partition coefficient (Wildman–Crippen LogP) is 7.86. The number of hydrogen-bond acceptors (Lipinski definition) is 2. The van der Waals surface area contributed by atoms with Crippen molar-refractivity contribution in [3.05, 3.63) is 126 Å². The van der Waals surface area contributed by atoms with E-state index in [1.165, 1.54) is 38.8 Å². The molecule has 2 aromatic carbocycles. The zero-order valence-electron chi connectivity index (χ0n) is 20.7. The second kappa shape index (κ2) is 8.39. The van der Waals surface area contributed by atoms with Gasteiger partial charge in [0.25, 0.3) is 0 Å². The molecule has 4 aliphatic rings. The lowest BCUT2D eigenvalue weighted by molar-refractivity contribution is 0.105. The van der Waals surface area contributed by atoms with Gasteiger partial charge in [-0.25, -0.2) is 0 Å². The van der Waals surface area contributed by atoms with Crippen molar-refractivity contribution in [2.24, 2.45) is 10.8 Å². The molecule has 2 atom stereocenters. The smallest absolute Gasteiger partial charge is 0.0651 e. The van der Waals surface area contributed by atoms with Gasteiger partial charge in [0.15, 0.2) is 0 Å². The molecule has 176 valence electrons. The molecule has 2 unspecified atom stereocenters. The van der Waals surface area contributed by atoms with Crippen LogP contribution in [0.5, 0.6) is 0 Å². The van der Waals surface area contributed by atoms with Gasteiger partial charge < -0.3 is 10.1 Å². The Labute approximate surface area is 208 Å². The minimum Gasteiger partial charge on any atom is -0.377 e. The highest BCUT2D eigenvalue weighted by atomic mass is 16.5. The van der Waals surface area contributed by atoms with E-state index in [1.807, 2.05) is 0 Å². The molecule has 0 fully saturated rings. The molecule has 0 radical (unpaired) electrons. The third kappa shape index (κ3) is 3.59. The second-order valence-electron chi connectivity index (χ2n) is 10.7. The maximum Gasteiger partial charge on any atom is 0.0651 e. The van der Waals surface area contributed by atoms with Crippen molar-refractivity contribution in [3.8, 4) is 0 Å². The van der Waals surface area contributed by atoms with Crippen molar-refractivity contribution in [1.82, 2.24) is 0 Å². The van der Waals surface area contributed by atoms with E-state index in [0.717, 1.165) is 18.4 Å². The number of fused-ring (bicyclic) bond motifs is 2. The van der Waals surface area contributed by atoms with Gasteiger partial charge in [0.05, 0.1) is 19.3 Å². The largest absolute Gasteiger partial charge is 0.377 e. The fourth-order valence-corrected chi connectivity index (χ4v) is 6.28. The molecular formula is C33H33NO.